The largest absolute Gasteiger partial charge is 0.419 e. The highest BCUT2D eigenvalue weighted by Gasteiger charge is 2.07. The lowest BCUT2D eigenvalue weighted by Gasteiger charge is -2.18. The zero-order chi connectivity index (χ0) is 6.62. The van der Waals surface area contributed by atoms with E-state index in [9.17, 15) is 0 Å². The van der Waals surface area contributed by atoms with Gasteiger partial charge in [-0.2, -0.15) is 12.6 Å². The van der Waals surface area contributed by atoms with Crippen molar-refractivity contribution in [3.63, 3.8) is 0 Å². The van der Waals surface area contributed by atoms with Crippen molar-refractivity contribution in [3.05, 3.63) is 0 Å². The van der Waals surface area contributed by atoms with Gasteiger partial charge < -0.3 is 4.43 Å². The Bertz CT molecular complexity index is 59.9. The van der Waals surface area contributed by atoms with Crippen LogP contribution in [0.2, 0.25) is 0 Å². The predicted molar refractivity (Wildman–Crippen MR) is 43.2 cm³/mol. The van der Waals surface area contributed by atoms with Crippen LogP contribution in [0, 0.1) is 0 Å². The van der Waals surface area contributed by atoms with Crippen LogP contribution in [0.1, 0.15) is 20.8 Å². The highest BCUT2D eigenvalue weighted by atomic mass is 32.1. The third-order valence-electron chi connectivity index (χ3n) is 0.626. The summed E-state index contributed by atoms with van der Waals surface area (Å²) in [5.41, 5.74) is 0.0644. The van der Waals surface area contributed by atoms with Gasteiger partial charge in [0.15, 0.2) is 9.76 Å². The van der Waals surface area contributed by atoms with Crippen molar-refractivity contribution in [2.24, 2.45) is 0 Å². The van der Waals surface area contributed by atoms with Crippen molar-refractivity contribution in [2.45, 2.75) is 26.4 Å². The molecule has 1 nitrogen and oxygen atoms in total. The van der Waals surface area contributed by atoms with Gasteiger partial charge in [-0.3, -0.25) is 0 Å². The first-order valence-electron chi connectivity index (χ1n) is 2.81. The van der Waals surface area contributed by atoms with Crippen LogP contribution in [0.5, 0.6) is 0 Å². The summed E-state index contributed by atoms with van der Waals surface area (Å²) in [6, 6.07) is 0. The molecule has 0 radical (unpaired) electrons. The zero-order valence-electron chi connectivity index (χ0n) is 5.77. The van der Waals surface area contributed by atoms with E-state index < -0.39 is 0 Å². The van der Waals surface area contributed by atoms with Crippen LogP contribution in [-0.2, 0) is 4.43 Å². The molecule has 0 bridgehead atoms. The maximum absolute atomic E-state index is 5.44. The minimum Gasteiger partial charge on any atom is -0.419 e. The summed E-state index contributed by atoms with van der Waals surface area (Å²) >= 11 is 4.07. The fourth-order valence-electron chi connectivity index (χ4n) is 0.352. The van der Waals surface area contributed by atoms with E-state index in [4.69, 9.17) is 4.43 Å². The maximum atomic E-state index is 5.44. The minimum absolute atomic E-state index is 0.0644. The molecule has 50 valence electrons. The van der Waals surface area contributed by atoms with Gasteiger partial charge in [-0.25, -0.2) is 0 Å². The summed E-state index contributed by atoms with van der Waals surface area (Å²) in [6.45, 7) is 6.22. The van der Waals surface area contributed by atoms with Crippen molar-refractivity contribution in [3.8, 4) is 0 Å². The van der Waals surface area contributed by atoms with Gasteiger partial charge in [0.2, 0.25) is 0 Å². The molecule has 0 aromatic heterocycles. The molecule has 0 fully saturated rings. The van der Waals surface area contributed by atoms with Gasteiger partial charge in [-0.1, -0.05) is 0 Å². The van der Waals surface area contributed by atoms with E-state index in [-0.39, 0.29) is 15.4 Å². The fraction of sp³-hybridized carbons (Fsp3) is 1.00. The van der Waals surface area contributed by atoms with Crippen LogP contribution in [0.4, 0.5) is 0 Å². The molecule has 0 aromatic rings. The normalized spacial score (nSPS) is 13.5. The van der Waals surface area contributed by atoms with Gasteiger partial charge in [-0.05, 0) is 20.8 Å². The van der Waals surface area contributed by atoms with E-state index in [1.807, 2.05) is 0 Å². The third kappa shape index (κ3) is 6.53. The topological polar surface area (TPSA) is 9.23 Å². The number of thiol groups is 1. The Morgan fingerprint density at radius 2 is 2.00 bits per heavy atom. The smallest absolute Gasteiger partial charge is 0.171 e. The molecule has 0 aliphatic carbocycles. The molecule has 0 saturated heterocycles. The second-order valence-corrected chi connectivity index (χ2v) is 5.17. The van der Waals surface area contributed by atoms with Crippen molar-refractivity contribution < 1.29 is 4.43 Å². The Morgan fingerprint density at radius 3 is 2.12 bits per heavy atom. The molecule has 0 aliphatic rings. The molecule has 0 saturated carbocycles. The van der Waals surface area contributed by atoms with Gasteiger partial charge in [0, 0.05) is 11.0 Å². The summed E-state index contributed by atoms with van der Waals surface area (Å²) in [5, 5.41) is 0.942. The van der Waals surface area contributed by atoms with E-state index in [0.717, 1.165) is 5.38 Å². The van der Waals surface area contributed by atoms with Gasteiger partial charge in [0.05, 0.1) is 0 Å². The predicted octanol–water partition coefficient (Wildman–Crippen LogP) is 0.773. The molecule has 0 unspecified atom stereocenters. The average Bonchev–Trinajstić information content (AvgIpc) is 1.59. The van der Waals surface area contributed by atoms with Crippen LogP contribution in [-0.4, -0.2) is 20.7 Å². The monoisotopic (exact) mass is 150 g/mol. The maximum Gasteiger partial charge on any atom is 0.171 e. The highest BCUT2D eigenvalue weighted by Crippen LogP contribution is 2.04. The molecule has 8 heavy (non-hydrogen) atoms. The lowest BCUT2D eigenvalue weighted by atomic mass is 10.2. The zero-order valence-corrected chi connectivity index (χ0v) is 8.08. The van der Waals surface area contributed by atoms with Crippen molar-refractivity contribution >= 4 is 22.4 Å². The Balaban J connectivity index is 3.11. The fourth-order valence-corrected chi connectivity index (χ4v) is 1.33. The van der Waals surface area contributed by atoms with Crippen molar-refractivity contribution in [1.29, 1.82) is 0 Å². The molecule has 0 rings (SSSR count). The standard InChI is InChI=1S/C5H14OSSi/c1-5(2,3)6-8-4-7/h7H,4,8H2,1-3H3. The summed E-state index contributed by atoms with van der Waals surface area (Å²) in [5.74, 6) is 0. The van der Waals surface area contributed by atoms with Gasteiger partial charge in [-0.15, -0.1) is 0 Å². The molecule has 0 amide bonds. The quantitative estimate of drug-likeness (QED) is 0.452. The molecule has 0 aliphatic heterocycles. The number of hydrogen-bond acceptors (Lipinski definition) is 2. The van der Waals surface area contributed by atoms with Crippen molar-refractivity contribution in [2.75, 3.05) is 5.38 Å². The van der Waals surface area contributed by atoms with E-state index in [2.05, 4.69) is 33.4 Å². The Kier molecular flexibility index (Phi) is 3.77. The number of hydrogen-bond donors (Lipinski definition) is 1. The SMILES string of the molecule is CC(C)(C)O[SiH2]CS. The van der Waals surface area contributed by atoms with Gasteiger partial charge >= 0.3 is 0 Å². The third-order valence-corrected chi connectivity index (χ3v) is 2.43. The van der Waals surface area contributed by atoms with E-state index in [1.54, 1.807) is 0 Å². The summed E-state index contributed by atoms with van der Waals surface area (Å²) in [4.78, 5) is 0. The van der Waals surface area contributed by atoms with Crippen LogP contribution in [0.3, 0.4) is 0 Å². The molecule has 0 spiro atoms. The summed E-state index contributed by atoms with van der Waals surface area (Å²) < 4.78 is 5.44. The molecule has 0 aromatic carbocycles. The molecule has 3 heteroatoms. The first kappa shape index (κ1) is 8.53. The molecule has 0 N–H and O–H groups in total. The highest BCUT2D eigenvalue weighted by molar-refractivity contribution is 7.81. The van der Waals surface area contributed by atoms with Crippen LogP contribution in [0.15, 0.2) is 0 Å². The van der Waals surface area contributed by atoms with E-state index >= 15 is 0 Å². The lowest BCUT2D eigenvalue weighted by Crippen LogP contribution is -2.22. The van der Waals surface area contributed by atoms with Crippen LogP contribution in [0.25, 0.3) is 0 Å². The molecule has 0 atom stereocenters. The minimum atomic E-state index is -0.318. The van der Waals surface area contributed by atoms with Crippen LogP contribution < -0.4 is 0 Å². The second-order valence-electron chi connectivity index (χ2n) is 2.68. The lowest BCUT2D eigenvalue weighted by molar-refractivity contribution is 0.139. The Labute approximate surface area is 59.2 Å². The van der Waals surface area contributed by atoms with E-state index in [1.165, 1.54) is 0 Å². The van der Waals surface area contributed by atoms with Crippen LogP contribution >= 0.6 is 12.6 Å². The first-order chi connectivity index (χ1) is 3.56. The second kappa shape index (κ2) is 3.53. The van der Waals surface area contributed by atoms with Crippen molar-refractivity contribution in [1.82, 2.24) is 0 Å². The summed E-state index contributed by atoms with van der Waals surface area (Å²) in [6.07, 6.45) is 0. The van der Waals surface area contributed by atoms with Gasteiger partial charge in [0.25, 0.3) is 0 Å². The number of rotatable bonds is 2. The average molecular weight is 150 g/mol. The molecular weight excluding hydrogens is 136 g/mol. The molecular formula is C5H14OSSi. The first-order valence-corrected chi connectivity index (χ1v) is 5.02. The van der Waals surface area contributed by atoms with E-state index in [0.29, 0.717) is 0 Å². The molecule has 0 heterocycles. The Hall–Kier alpha value is 0.527. The Morgan fingerprint density at radius 1 is 1.50 bits per heavy atom. The summed E-state index contributed by atoms with van der Waals surface area (Å²) in [7, 11) is -0.318. The van der Waals surface area contributed by atoms with Gasteiger partial charge in [0.1, 0.15) is 0 Å².